The Kier molecular flexibility index (Phi) is 8.96. The van der Waals surface area contributed by atoms with Crippen molar-refractivity contribution in [1.82, 2.24) is 5.32 Å². The first-order chi connectivity index (χ1) is 13.3. The molecule has 2 atom stereocenters. The minimum absolute atomic E-state index is 0.00765. The predicted octanol–water partition coefficient (Wildman–Crippen LogP) is 6.85. The highest BCUT2D eigenvalue weighted by molar-refractivity contribution is 5.43. The quantitative estimate of drug-likeness (QED) is 0.313. The lowest BCUT2D eigenvalue weighted by atomic mass is 9.76. The normalized spacial score (nSPS) is 21.0. The molecule has 2 heteroatoms. The van der Waals surface area contributed by atoms with Crippen LogP contribution in [0.2, 0.25) is 0 Å². The Morgan fingerprint density at radius 2 is 1.97 bits per heavy atom. The Labute approximate surface area is 180 Å². The van der Waals surface area contributed by atoms with Gasteiger partial charge in [-0.1, -0.05) is 71.6 Å². The van der Waals surface area contributed by atoms with Crippen molar-refractivity contribution in [3.8, 4) is 0 Å². The van der Waals surface area contributed by atoms with E-state index in [2.05, 4.69) is 83.5 Å². The van der Waals surface area contributed by atoms with Gasteiger partial charge < -0.3 is 11.1 Å². The molecule has 1 aliphatic carbocycles. The van der Waals surface area contributed by atoms with Crippen LogP contribution in [0.25, 0.3) is 0 Å². The van der Waals surface area contributed by atoms with Crippen LogP contribution in [0.3, 0.4) is 0 Å². The molecule has 162 valence electrons. The molecule has 0 saturated carbocycles. The summed E-state index contributed by atoms with van der Waals surface area (Å²) in [4.78, 5) is 0. The molecular formula is C27H44N2. The van der Waals surface area contributed by atoms with Gasteiger partial charge in [0, 0.05) is 18.5 Å². The maximum atomic E-state index is 6.17. The topological polar surface area (TPSA) is 38.0 Å². The van der Waals surface area contributed by atoms with Crippen LogP contribution in [0, 0.1) is 16.2 Å². The number of allylic oxidation sites excluding steroid dienone is 7. The van der Waals surface area contributed by atoms with Gasteiger partial charge in [0.1, 0.15) is 0 Å². The maximum absolute atomic E-state index is 6.17. The molecule has 0 aromatic heterocycles. The van der Waals surface area contributed by atoms with Gasteiger partial charge in [-0.25, -0.2) is 0 Å². The molecule has 0 amide bonds. The van der Waals surface area contributed by atoms with E-state index in [9.17, 15) is 0 Å². The fourth-order valence-electron chi connectivity index (χ4n) is 3.43. The molecule has 1 aliphatic rings. The average molecular weight is 397 g/mol. The van der Waals surface area contributed by atoms with Crippen molar-refractivity contribution in [3.63, 3.8) is 0 Å². The van der Waals surface area contributed by atoms with Gasteiger partial charge in [-0.2, -0.15) is 0 Å². The van der Waals surface area contributed by atoms with Gasteiger partial charge in [-0.3, -0.25) is 0 Å². The third-order valence-corrected chi connectivity index (χ3v) is 6.18. The molecule has 0 aromatic carbocycles. The lowest BCUT2D eigenvalue weighted by Crippen LogP contribution is -2.33. The van der Waals surface area contributed by atoms with Crippen molar-refractivity contribution in [3.05, 3.63) is 72.5 Å². The van der Waals surface area contributed by atoms with Crippen LogP contribution >= 0.6 is 0 Å². The smallest absolute Gasteiger partial charge is 0.0179 e. The summed E-state index contributed by atoms with van der Waals surface area (Å²) in [6.45, 7) is 21.7. The van der Waals surface area contributed by atoms with Crippen molar-refractivity contribution < 1.29 is 0 Å². The lowest BCUT2D eigenvalue weighted by Gasteiger charge is -2.30. The zero-order valence-electron chi connectivity index (χ0n) is 19.9. The fraction of sp³-hybridized carbons (Fsp3) is 0.556. The van der Waals surface area contributed by atoms with Gasteiger partial charge in [0.15, 0.2) is 0 Å². The number of rotatable bonds is 10. The van der Waals surface area contributed by atoms with Crippen LogP contribution < -0.4 is 11.1 Å². The van der Waals surface area contributed by atoms with E-state index in [4.69, 9.17) is 5.73 Å². The Morgan fingerprint density at radius 1 is 1.31 bits per heavy atom. The van der Waals surface area contributed by atoms with E-state index >= 15 is 0 Å². The summed E-state index contributed by atoms with van der Waals surface area (Å²) in [5, 5.41) is 3.11. The highest BCUT2D eigenvalue weighted by atomic mass is 14.8. The zero-order chi connectivity index (χ0) is 22.3. The molecule has 0 heterocycles. The van der Waals surface area contributed by atoms with Crippen molar-refractivity contribution >= 4 is 0 Å². The Hall–Kier alpha value is -1.80. The highest BCUT2D eigenvalue weighted by Gasteiger charge is 2.25. The first kappa shape index (κ1) is 25.2. The van der Waals surface area contributed by atoms with Crippen LogP contribution in [0.4, 0.5) is 0 Å². The Balaban J connectivity index is 3.05. The lowest BCUT2D eigenvalue weighted by molar-refractivity contribution is 0.326. The first-order valence-electron chi connectivity index (χ1n) is 10.9. The van der Waals surface area contributed by atoms with Gasteiger partial charge in [-0.15, -0.1) is 6.58 Å². The minimum atomic E-state index is -0.203. The molecule has 29 heavy (non-hydrogen) atoms. The minimum Gasteiger partial charge on any atom is -0.394 e. The van der Waals surface area contributed by atoms with Gasteiger partial charge >= 0.3 is 0 Å². The van der Waals surface area contributed by atoms with Crippen LogP contribution in [-0.4, -0.2) is 13.1 Å². The molecule has 2 unspecified atom stereocenters. The standard InChI is InChI=1S/C27H44N2/c1-10-27(8,22(3)28)17-16-26(6,7)20-23(13-18-29-9)19-21(2)24-11-14-25(4,5)15-12-24/h10-11,13,16-19,22,29H,1-2,12,14-15,20,28H2,3-9H3/b17-16-,18-13-,23-19+. The molecule has 0 aromatic rings. The van der Waals surface area contributed by atoms with E-state index in [1.165, 1.54) is 17.6 Å². The van der Waals surface area contributed by atoms with E-state index in [0.29, 0.717) is 5.41 Å². The van der Waals surface area contributed by atoms with Crippen LogP contribution in [-0.2, 0) is 0 Å². The van der Waals surface area contributed by atoms with Gasteiger partial charge in [0.2, 0.25) is 0 Å². The van der Waals surface area contributed by atoms with Gasteiger partial charge in [-0.05, 0) is 72.4 Å². The molecular weight excluding hydrogens is 352 g/mol. The van der Waals surface area contributed by atoms with E-state index in [-0.39, 0.29) is 16.9 Å². The molecule has 0 fully saturated rings. The SMILES string of the molecule is C=CC(C)(/C=C\C(C)(C)CC(/C=C\NC)=C/C(=C)C1=CCC(C)(C)CC1)C(C)N. The van der Waals surface area contributed by atoms with Crippen LogP contribution in [0.15, 0.2) is 72.5 Å². The van der Waals surface area contributed by atoms with Crippen molar-refractivity contribution in [2.75, 3.05) is 7.05 Å². The molecule has 0 aliphatic heterocycles. The summed E-state index contributed by atoms with van der Waals surface area (Å²) in [6.07, 6.45) is 19.6. The summed E-state index contributed by atoms with van der Waals surface area (Å²) >= 11 is 0. The van der Waals surface area contributed by atoms with Crippen molar-refractivity contribution in [2.24, 2.45) is 22.0 Å². The third kappa shape index (κ3) is 8.22. The zero-order valence-corrected chi connectivity index (χ0v) is 19.9. The highest BCUT2D eigenvalue weighted by Crippen LogP contribution is 2.37. The predicted molar refractivity (Wildman–Crippen MR) is 131 cm³/mol. The molecule has 2 nitrogen and oxygen atoms in total. The van der Waals surface area contributed by atoms with E-state index in [1.807, 2.05) is 26.2 Å². The molecule has 3 N–H and O–H groups in total. The summed E-state index contributed by atoms with van der Waals surface area (Å²) in [6, 6.07) is 0.0218. The van der Waals surface area contributed by atoms with E-state index < -0.39 is 0 Å². The second-order valence-electron chi connectivity index (χ2n) is 10.3. The molecule has 0 radical (unpaired) electrons. The number of nitrogens with two attached hydrogens (primary N) is 1. The van der Waals surface area contributed by atoms with E-state index in [0.717, 1.165) is 24.8 Å². The molecule has 0 spiro atoms. The number of nitrogens with one attached hydrogen (secondary N) is 1. The van der Waals surface area contributed by atoms with Crippen molar-refractivity contribution in [1.29, 1.82) is 0 Å². The average Bonchev–Trinajstić information content (AvgIpc) is 2.63. The summed E-state index contributed by atoms with van der Waals surface area (Å²) < 4.78 is 0. The first-order valence-corrected chi connectivity index (χ1v) is 10.9. The Bertz CT molecular complexity index is 698. The number of hydrogen-bond acceptors (Lipinski definition) is 2. The monoisotopic (exact) mass is 396 g/mol. The summed E-state index contributed by atoms with van der Waals surface area (Å²) in [5.74, 6) is 0. The van der Waals surface area contributed by atoms with Gasteiger partial charge in [0.25, 0.3) is 0 Å². The summed E-state index contributed by atoms with van der Waals surface area (Å²) in [7, 11) is 1.93. The van der Waals surface area contributed by atoms with Crippen molar-refractivity contribution in [2.45, 2.75) is 73.3 Å². The largest absolute Gasteiger partial charge is 0.394 e. The second-order valence-corrected chi connectivity index (χ2v) is 10.3. The summed E-state index contributed by atoms with van der Waals surface area (Å²) in [5.41, 5.74) is 10.2. The fourth-order valence-corrected chi connectivity index (χ4v) is 3.43. The molecule has 0 saturated heterocycles. The van der Waals surface area contributed by atoms with E-state index in [1.54, 1.807) is 0 Å². The Morgan fingerprint density at radius 3 is 2.45 bits per heavy atom. The van der Waals surface area contributed by atoms with Gasteiger partial charge in [0.05, 0.1) is 0 Å². The maximum Gasteiger partial charge on any atom is 0.0179 e. The molecule has 0 bridgehead atoms. The third-order valence-electron chi connectivity index (χ3n) is 6.18. The number of hydrogen-bond donors (Lipinski definition) is 2. The second kappa shape index (κ2) is 10.3. The van der Waals surface area contributed by atoms with Crippen LogP contribution in [0.1, 0.15) is 67.2 Å². The van der Waals surface area contributed by atoms with Crippen LogP contribution in [0.5, 0.6) is 0 Å². The molecule has 1 rings (SSSR count).